The summed E-state index contributed by atoms with van der Waals surface area (Å²) in [6.07, 6.45) is 0. The molecule has 0 saturated carbocycles. The van der Waals surface area contributed by atoms with Gasteiger partial charge in [0.2, 0.25) is 10.0 Å². The van der Waals surface area contributed by atoms with Gasteiger partial charge in [0, 0.05) is 5.69 Å². The van der Waals surface area contributed by atoms with Crippen LogP contribution >= 0.6 is 11.6 Å². The van der Waals surface area contributed by atoms with Gasteiger partial charge in [-0.3, -0.25) is 4.79 Å². The molecule has 0 aliphatic carbocycles. The third kappa shape index (κ3) is 3.57. The van der Waals surface area contributed by atoms with Gasteiger partial charge in [-0.25, -0.2) is 17.9 Å². The molecule has 0 bridgehead atoms. The molecule has 2 aromatic rings. The number of halogens is 2. The molecule has 0 atom stereocenters. The molecule has 1 amide bonds. The standard InChI is InChI=1S/C13H10ClFN2O3S/c14-10-7-8(5-6-12(10)21(16,19)20)17-13(18)9-3-1-2-4-11(9)15/h1-7H,(H,17,18)(H2,16,19,20). The Balaban J connectivity index is 2.27. The fourth-order valence-electron chi connectivity index (χ4n) is 1.65. The van der Waals surface area contributed by atoms with Gasteiger partial charge in [-0.2, -0.15) is 0 Å². The van der Waals surface area contributed by atoms with Crippen LogP contribution in [-0.4, -0.2) is 14.3 Å². The average Bonchev–Trinajstić information content (AvgIpc) is 2.37. The van der Waals surface area contributed by atoms with Crippen molar-refractivity contribution in [1.29, 1.82) is 0 Å². The number of sulfonamides is 1. The van der Waals surface area contributed by atoms with E-state index in [1.807, 2.05) is 0 Å². The lowest BCUT2D eigenvalue weighted by Crippen LogP contribution is -2.15. The van der Waals surface area contributed by atoms with Gasteiger partial charge in [0.1, 0.15) is 10.7 Å². The van der Waals surface area contributed by atoms with E-state index >= 15 is 0 Å². The van der Waals surface area contributed by atoms with E-state index in [4.69, 9.17) is 16.7 Å². The van der Waals surface area contributed by atoms with Crippen LogP contribution in [0.15, 0.2) is 47.4 Å². The van der Waals surface area contributed by atoms with Gasteiger partial charge in [-0.1, -0.05) is 23.7 Å². The predicted octanol–water partition coefficient (Wildman–Crippen LogP) is 2.38. The minimum atomic E-state index is -3.94. The highest BCUT2D eigenvalue weighted by molar-refractivity contribution is 7.89. The molecule has 8 heteroatoms. The van der Waals surface area contributed by atoms with E-state index in [1.165, 1.54) is 30.3 Å². The lowest BCUT2D eigenvalue weighted by atomic mass is 10.2. The van der Waals surface area contributed by atoms with Crippen molar-refractivity contribution in [2.75, 3.05) is 5.32 Å². The van der Waals surface area contributed by atoms with Gasteiger partial charge in [0.25, 0.3) is 5.91 Å². The van der Waals surface area contributed by atoms with Crippen molar-refractivity contribution in [3.05, 3.63) is 58.9 Å². The predicted molar refractivity (Wildman–Crippen MR) is 77.2 cm³/mol. The summed E-state index contributed by atoms with van der Waals surface area (Å²) in [4.78, 5) is 11.6. The number of anilines is 1. The number of benzene rings is 2. The fourth-order valence-corrected chi connectivity index (χ4v) is 2.74. The van der Waals surface area contributed by atoms with Crippen LogP contribution in [0.25, 0.3) is 0 Å². The number of hydrogen-bond donors (Lipinski definition) is 2. The van der Waals surface area contributed by atoms with E-state index in [-0.39, 0.29) is 21.2 Å². The lowest BCUT2D eigenvalue weighted by Gasteiger charge is -2.08. The maximum atomic E-state index is 13.5. The van der Waals surface area contributed by atoms with E-state index in [1.54, 1.807) is 0 Å². The van der Waals surface area contributed by atoms with Crippen molar-refractivity contribution in [2.45, 2.75) is 4.90 Å². The Morgan fingerprint density at radius 1 is 1.19 bits per heavy atom. The number of hydrogen-bond acceptors (Lipinski definition) is 3. The molecular weight excluding hydrogens is 319 g/mol. The molecule has 0 saturated heterocycles. The molecule has 0 radical (unpaired) electrons. The van der Waals surface area contributed by atoms with Crippen LogP contribution in [0.1, 0.15) is 10.4 Å². The van der Waals surface area contributed by atoms with Crippen LogP contribution in [0, 0.1) is 5.82 Å². The highest BCUT2D eigenvalue weighted by atomic mass is 35.5. The normalized spacial score (nSPS) is 11.2. The van der Waals surface area contributed by atoms with Crippen molar-refractivity contribution in [3.63, 3.8) is 0 Å². The molecule has 0 unspecified atom stereocenters. The van der Waals surface area contributed by atoms with Crippen molar-refractivity contribution < 1.29 is 17.6 Å². The molecule has 110 valence electrons. The first-order valence-corrected chi connectivity index (χ1v) is 7.59. The summed E-state index contributed by atoms with van der Waals surface area (Å²) in [7, 11) is -3.94. The third-order valence-corrected chi connectivity index (χ3v) is 4.01. The molecule has 0 spiro atoms. The average molecular weight is 329 g/mol. The summed E-state index contributed by atoms with van der Waals surface area (Å²) in [5, 5.41) is 7.25. The Morgan fingerprint density at radius 2 is 1.86 bits per heavy atom. The molecule has 0 heterocycles. The molecule has 0 aromatic heterocycles. The van der Waals surface area contributed by atoms with Gasteiger partial charge in [-0.05, 0) is 30.3 Å². The van der Waals surface area contributed by atoms with E-state index in [0.717, 1.165) is 12.1 Å². The summed E-state index contributed by atoms with van der Waals surface area (Å²) < 4.78 is 35.9. The SMILES string of the molecule is NS(=O)(=O)c1ccc(NC(=O)c2ccccc2F)cc1Cl. The van der Waals surface area contributed by atoms with Crippen molar-refractivity contribution in [3.8, 4) is 0 Å². The second kappa shape index (κ2) is 5.80. The number of nitrogens with one attached hydrogen (secondary N) is 1. The number of carbonyl (C=O) groups excluding carboxylic acids is 1. The molecule has 3 N–H and O–H groups in total. The first-order valence-electron chi connectivity index (χ1n) is 5.67. The molecule has 2 rings (SSSR count). The van der Waals surface area contributed by atoms with Crippen LogP contribution in [0.3, 0.4) is 0 Å². The third-order valence-electron chi connectivity index (χ3n) is 2.61. The minimum Gasteiger partial charge on any atom is -0.322 e. The first kappa shape index (κ1) is 15.4. The second-order valence-corrected chi connectivity index (χ2v) is 6.06. The summed E-state index contributed by atoms with van der Waals surface area (Å²) in [6, 6.07) is 9.16. The van der Waals surface area contributed by atoms with Crippen molar-refractivity contribution in [1.82, 2.24) is 0 Å². The maximum Gasteiger partial charge on any atom is 0.258 e. The zero-order valence-electron chi connectivity index (χ0n) is 10.5. The zero-order valence-corrected chi connectivity index (χ0v) is 12.1. The number of primary sulfonamides is 1. The van der Waals surface area contributed by atoms with Crippen LogP contribution < -0.4 is 10.5 Å². The Kier molecular flexibility index (Phi) is 4.26. The zero-order chi connectivity index (χ0) is 15.6. The molecule has 0 fully saturated rings. The molecular formula is C13H10ClFN2O3S. The number of rotatable bonds is 3. The van der Waals surface area contributed by atoms with E-state index < -0.39 is 21.7 Å². The van der Waals surface area contributed by atoms with Crippen LogP contribution in [0.4, 0.5) is 10.1 Å². The summed E-state index contributed by atoms with van der Waals surface area (Å²) >= 11 is 5.79. The number of nitrogens with two attached hydrogens (primary N) is 1. The Morgan fingerprint density at radius 3 is 2.43 bits per heavy atom. The largest absolute Gasteiger partial charge is 0.322 e. The smallest absolute Gasteiger partial charge is 0.258 e. The lowest BCUT2D eigenvalue weighted by molar-refractivity contribution is 0.102. The highest BCUT2D eigenvalue weighted by Gasteiger charge is 2.15. The van der Waals surface area contributed by atoms with Gasteiger partial charge in [0.15, 0.2) is 0 Å². The van der Waals surface area contributed by atoms with Gasteiger partial charge in [-0.15, -0.1) is 0 Å². The van der Waals surface area contributed by atoms with Crippen LogP contribution in [0.5, 0.6) is 0 Å². The van der Waals surface area contributed by atoms with E-state index in [0.29, 0.717) is 0 Å². The van der Waals surface area contributed by atoms with Gasteiger partial charge < -0.3 is 5.32 Å². The summed E-state index contributed by atoms with van der Waals surface area (Å²) in [5.74, 6) is -1.34. The Bertz CT molecular complexity index is 809. The molecule has 0 aliphatic heterocycles. The molecule has 21 heavy (non-hydrogen) atoms. The number of carbonyl (C=O) groups is 1. The van der Waals surface area contributed by atoms with Crippen molar-refractivity contribution in [2.24, 2.45) is 5.14 Å². The van der Waals surface area contributed by atoms with Crippen LogP contribution in [-0.2, 0) is 10.0 Å². The van der Waals surface area contributed by atoms with Crippen molar-refractivity contribution >= 4 is 33.2 Å². The fraction of sp³-hybridized carbons (Fsp3) is 0. The van der Waals surface area contributed by atoms with Crippen LogP contribution in [0.2, 0.25) is 5.02 Å². The summed E-state index contributed by atoms with van der Waals surface area (Å²) in [5.41, 5.74) is 0.0878. The summed E-state index contributed by atoms with van der Waals surface area (Å²) in [6.45, 7) is 0. The quantitative estimate of drug-likeness (QED) is 0.906. The second-order valence-electron chi connectivity index (χ2n) is 4.12. The maximum absolute atomic E-state index is 13.5. The van der Waals surface area contributed by atoms with Gasteiger partial charge in [0.05, 0.1) is 10.6 Å². The van der Waals surface area contributed by atoms with E-state index in [9.17, 15) is 17.6 Å². The first-order chi connectivity index (χ1) is 9.79. The Hall–Kier alpha value is -1.96. The van der Waals surface area contributed by atoms with E-state index in [2.05, 4.69) is 5.32 Å². The molecule has 5 nitrogen and oxygen atoms in total. The Labute approximate surface area is 125 Å². The topological polar surface area (TPSA) is 89.3 Å². The monoisotopic (exact) mass is 328 g/mol. The molecule has 0 aliphatic rings. The highest BCUT2D eigenvalue weighted by Crippen LogP contribution is 2.24. The van der Waals surface area contributed by atoms with Gasteiger partial charge >= 0.3 is 0 Å². The number of amides is 1. The molecule has 2 aromatic carbocycles. The minimum absolute atomic E-state index is 0.135.